The third-order valence-electron chi connectivity index (χ3n) is 8.02. The molecule has 2 aromatic carbocycles. The van der Waals surface area contributed by atoms with Gasteiger partial charge in [0.25, 0.3) is 0 Å². The van der Waals surface area contributed by atoms with Gasteiger partial charge in [0.2, 0.25) is 11.8 Å². The summed E-state index contributed by atoms with van der Waals surface area (Å²) in [5.41, 5.74) is -2.56. The zero-order valence-corrected chi connectivity index (χ0v) is 22.3. The molecule has 4 atom stereocenters. The van der Waals surface area contributed by atoms with E-state index in [1.54, 1.807) is 6.92 Å². The van der Waals surface area contributed by atoms with E-state index < -0.39 is 58.3 Å². The van der Waals surface area contributed by atoms with E-state index in [9.17, 15) is 23.5 Å². The van der Waals surface area contributed by atoms with Gasteiger partial charge in [-0.1, -0.05) is 44.5 Å². The number of hydrogen-bond donors (Lipinski definition) is 4. The lowest BCUT2D eigenvalue weighted by atomic mass is 9.62. The van der Waals surface area contributed by atoms with E-state index in [0.29, 0.717) is 19.3 Å². The van der Waals surface area contributed by atoms with E-state index in [1.807, 2.05) is 20.8 Å². The maximum absolute atomic E-state index is 15.5. The second-order valence-corrected chi connectivity index (χ2v) is 12.7. The number of nitrogens with one attached hydrogen (secondary N) is 3. The Labute approximate surface area is 224 Å². The predicted molar refractivity (Wildman–Crippen MR) is 137 cm³/mol. The Morgan fingerprint density at radius 3 is 2.50 bits per heavy atom. The maximum atomic E-state index is 15.5. The molecule has 3 aliphatic rings. The van der Waals surface area contributed by atoms with Crippen LogP contribution >= 0.6 is 11.6 Å². The molecule has 1 saturated heterocycles. The van der Waals surface area contributed by atoms with Crippen molar-refractivity contribution < 1.29 is 27.9 Å². The van der Waals surface area contributed by atoms with Crippen LogP contribution in [-0.2, 0) is 15.0 Å². The molecule has 38 heavy (non-hydrogen) atoms. The van der Waals surface area contributed by atoms with Gasteiger partial charge in [-0.15, -0.1) is 0 Å². The van der Waals surface area contributed by atoms with E-state index in [1.165, 1.54) is 18.2 Å². The molecule has 2 heterocycles. The molecule has 2 aromatic rings. The molecule has 1 saturated carbocycles. The highest BCUT2D eigenvalue weighted by atomic mass is 35.5. The number of hydrogen-bond acceptors (Lipinski definition) is 4. The number of fused-ring (bicyclic) bond motifs is 2. The fourth-order valence-electron chi connectivity index (χ4n) is 6.56. The summed E-state index contributed by atoms with van der Waals surface area (Å²) in [7, 11) is 0. The van der Waals surface area contributed by atoms with Crippen molar-refractivity contribution in [2.24, 2.45) is 5.41 Å². The Morgan fingerprint density at radius 1 is 1.18 bits per heavy atom. The lowest BCUT2D eigenvalue weighted by Crippen LogP contribution is -2.57. The Kier molecular flexibility index (Phi) is 6.36. The molecule has 10 heteroatoms. The van der Waals surface area contributed by atoms with Crippen LogP contribution in [0.3, 0.4) is 0 Å². The normalized spacial score (nSPS) is 32.2. The average molecular weight is 550 g/mol. The number of carbonyl (C=O) groups excluding carboxylic acids is 2. The first-order chi connectivity index (χ1) is 17.6. The van der Waals surface area contributed by atoms with Gasteiger partial charge in [0.1, 0.15) is 11.2 Å². The highest BCUT2D eigenvalue weighted by Gasteiger charge is 2.66. The minimum absolute atomic E-state index is 0.159. The largest absolute Gasteiger partial charge is 0.390 e. The Hall–Kier alpha value is -2.62. The molecule has 1 spiro atoms. The fraction of sp³-hybridized carbons (Fsp3) is 0.500. The number of anilines is 1. The van der Waals surface area contributed by atoms with Gasteiger partial charge in [-0.05, 0) is 60.9 Å². The summed E-state index contributed by atoms with van der Waals surface area (Å²) in [6.45, 7) is 7.54. The van der Waals surface area contributed by atoms with Gasteiger partial charge in [0, 0.05) is 23.7 Å². The van der Waals surface area contributed by atoms with Crippen molar-refractivity contribution in [3.8, 4) is 0 Å². The van der Waals surface area contributed by atoms with E-state index in [0.717, 1.165) is 12.1 Å². The molecule has 0 bridgehead atoms. The van der Waals surface area contributed by atoms with Crippen molar-refractivity contribution in [3.63, 3.8) is 0 Å². The van der Waals surface area contributed by atoms with Crippen LogP contribution in [0.2, 0.25) is 5.02 Å². The molecule has 5 rings (SSSR count). The number of carbonyl (C=O) groups is 2. The van der Waals surface area contributed by atoms with E-state index in [4.69, 9.17) is 11.6 Å². The van der Waals surface area contributed by atoms with E-state index in [2.05, 4.69) is 16.0 Å². The van der Waals surface area contributed by atoms with E-state index >= 15 is 4.39 Å². The predicted octanol–water partition coefficient (Wildman–Crippen LogP) is 4.54. The van der Waals surface area contributed by atoms with Crippen molar-refractivity contribution in [1.29, 1.82) is 0 Å². The summed E-state index contributed by atoms with van der Waals surface area (Å²) in [6, 6.07) is 3.91. The minimum Gasteiger partial charge on any atom is -0.390 e. The second-order valence-electron chi connectivity index (χ2n) is 12.3. The average Bonchev–Trinajstić information content (AvgIpc) is 3.24. The Bertz CT molecular complexity index is 1320. The SMILES string of the molecule is CC(C)(C)C[C@@H]1N[C@@H](C(=O)NC2CC(C)(O)C2)[C@H](c2cccc(F)c2F)[C@]12C(=O)Nc1cc(Cl)c(F)cc12. The molecule has 204 valence electrons. The van der Waals surface area contributed by atoms with Crippen LogP contribution in [0.1, 0.15) is 64.0 Å². The van der Waals surface area contributed by atoms with Crippen LogP contribution in [0.25, 0.3) is 0 Å². The minimum atomic E-state index is -1.64. The topological polar surface area (TPSA) is 90.5 Å². The first kappa shape index (κ1) is 27.0. The zero-order chi connectivity index (χ0) is 27.8. The maximum Gasteiger partial charge on any atom is 0.238 e. The summed E-state index contributed by atoms with van der Waals surface area (Å²) in [5.74, 6) is -5.33. The lowest BCUT2D eigenvalue weighted by molar-refractivity contribution is -0.127. The molecular weight excluding hydrogens is 519 g/mol. The third-order valence-corrected chi connectivity index (χ3v) is 8.31. The van der Waals surface area contributed by atoms with Crippen LogP contribution in [-0.4, -0.2) is 40.6 Å². The highest BCUT2D eigenvalue weighted by Crippen LogP contribution is 2.57. The molecule has 4 N–H and O–H groups in total. The van der Waals surface area contributed by atoms with Crippen LogP contribution < -0.4 is 16.0 Å². The number of benzene rings is 2. The Balaban J connectivity index is 1.71. The van der Waals surface area contributed by atoms with Gasteiger partial charge in [-0.3, -0.25) is 9.59 Å². The number of amides is 2. The smallest absolute Gasteiger partial charge is 0.238 e. The van der Waals surface area contributed by atoms with Crippen LogP contribution in [0.5, 0.6) is 0 Å². The van der Waals surface area contributed by atoms with E-state index in [-0.39, 0.29) is 33.3 Å². The van der Waals surface area contributed by atoms with Crippen molar-refractivity contribution in [2.75, 3.05) is 5.32 Å². The van der Waals surface area contributed by atoms with Gasteiger partial charge in [0.15, 0.2) is 11.6 Å². The third kappa shape index (κ3) is 4.28. The molecule has 2 aliphatic heterocycles. The van der Waals surface area contributed by atoms with Gasteiger partial charge in [-0.2, -0.15) is 0 Å². The van der Waals surface area contributed by atoms with Crippen LogP contribution in [0, 0.1) is 22.9 Å². The highest BCUT2D eigenvalue weighted by molar-refractivity contribution is 6.31. The van der Waals surface area contributed by atoms with Gasteiger partial charge in [-0.25, -0.2) is 13.2 Å². The second kappa shape index (κ2) is 8.96. The first-order valence-corrected chi connectivity index (χ1v) is 13.1. The molecule has 6 nitrogen and oxygen atoms in total. The summed E-state index contributed by atoms with van der Waals surface area (Å²) in [6.07, 6.45) is 1.04. The number of halogens is 4. The molecular formula is C28H31ClF3N3O3. The summed E-state index contributed by atoms with van der Waals surface area (Å²) in [4.78, 5) is 27.7. The molecule has 2 fully saturated rings. The summed E-state index contributed by atoms with van der Waals surface area (Å²) < 4.78 is 45.0. The van der Waals surface area contributed by atoms with Crippen LogP contribution in [0.4, 0.5) is 18.9 Å². The van der Waals surface area contributed by atoms with Crippen LogP contribution in [0.15, 0.2) is 30.3 Å². The van der Waals surface area contributed by atoms with Crippen molar-refractivity contribution >= 4 is 29.1 Å². The lowest BCUT2D eigenvalue weighted by Gasteiger charge is -2.42. The van der Waals surface area contributed by atoms with Crippen molar-refractivity contribution in [2.45, 2.75) is 82.0 Å². The first-order valence-electron chi connectivity index (χ1n) is 12.7. The van der Waals surface area contributed by atoms with Crippen molar-refractivity contribution in [1.82, 2.24) is 10.6 Å². The number of aliphatic hydroxyl groups is 1. The molecule has 2 amide bonds. The number of rotatable bonds is 4. The molecule has 0 unspecified atom stereocenters. The van der Waals surface area contributed by atoms with Crippen molar-refractivity contribution in [3.05, 3.63) is 63.9 Å². The Morgan fingerprint density at radius 2 is 1.87 bits per heavy atom. The zero-order valence-electron chi connectivity index (χ0n) is 21.6. The van der Waals surface area contributed by atoms with Gasteiger partial charge < -0.3 is 21.1 Å². The molecule has 1 aliphatic carbocycles. The van der Waals surface area contributed by atoms with Gasteiger partial charge in [0.05, 0.1) is 16.7 Å². The summed E-state index contributed by atoms with van der Waals surface area (Å²) >= 11 is 6.02. The van der Waals surface area contributed by atoms with Gasteiger partial charge >= 0.3 is 0 Å². The molecule has 0 radical (unpaired) electrons. The summed E-state index contributed by atoms with van der Waals surface area (Å²) in [5, 5.41) is 18.9. The fourth-order valence-corrected chi connectivity index (χ4v) is 6.72. The standard InChI is InChI=1S/C28H31ClF3N3O3/c1-26(2,3)12-20-28(15-8-18(31)16(29)9-19(15)34-25(28)37)21(14-6-5-7-17(30)22(14)32)23(35-20)24(36)33-13-10-27(4,38)11-13/h5-9,13,20-21,23,35,38H,10-12H2,1-4H3,(H,33,36)(H,34,37)/t13?,20-,21-,23+,27?,28+/m0/s1. The monoisotopic (exact) mass is 549 g/mol. The molecule has 0 aromatic heterocycles. The quantitative estimate of drug-likeness (QED) is 0.451.